The molecule has 384 valence electrons. The van der Waals surface area contributed by atoms with Gasteiger partial charge in [-0.05, 0) is 57.8 Å². The SMILES string of the molecule is CCCCCCCC/C=C\CCCCCCCCCC(=O)OCCCCCCCCCCCCCCCCCCCC(=O)NC(CO)C(O)/C=C/CCCCCCCCCCCCCC. The van der Waals surface area contributed by atoms with Crippen molar-refractivity contribution in [1.82, 2.24) is 5.32 Å². The minimum Gasteiger partial charge on any atom is -0.466 e. The maximum Gasteiger partial charge on any atom is 0.305 e. The highest BCUT2D eigenvalue weighted by Gasteiger charge is 2.18. The molecule has 0 aromatic rings. The number of aliphatic hydroxyl groups is 2. The largest absolute Gasteiger partial charge is 0.466 e. The van der Waals surface area contributed by atoms with Crippen LogP contribution in [0.1, 0.15) is 316 Å². The zero-order valence-corrected chi connectivity index (χ0v) is 43.7. The first kappa shape index (κ1) is 63.3. The van der Waals surface area contributed by atoms with Gasteiger partial charge in [0.05, 0.1) is 25.4 Å². The third-order valence-electron chi connectivity index (χ3n) is 13.5. The number of carbonyl (C=O) groups excluding carboxylic acids is 2. The maximum absolute atomic E-state index is 12.4. The minimum absolute atomic E-state index is 0.00128. The van der Waals surface area contributed by atoms with Crippen LogP contribution in [-0.4, -0.2) is 47.4 Å². The van der Waals surface area contributed by atoms with E-state index in [1.54, 1.807) is 6.08 Å². The molecule has 0 rings (SSSR count). The van der Waals surface area contributed by atoms with Crippen LogP contribution in [0.5, 0.6) is 0 Å². The smallest absolute Gasteiger partial charge is 0.305 e. The summed E-state index contributed by atoms with van der Waals surface area (Å²) in [5.74, 6) is -0.0712. The number of nitrogens with one attached hydrogen (secondary N) is 1. The van der Waals surface area contributed by atoms with Crippen LogP contribution in [0.4, 0.5) is 0 Å². The first-order valence-corrected chi connectivity index (χ1v) is 29.1. The van der Waals surface area contributed by atoms with Crippen LogP contribution in [0.2, 0.25) is 0 Å². The van der Waals surface area contributed by atoms with E-state index < -0.39 is 12.1 Å². The van der Waals surface area contributed by atoms with Crippen molar-refractivity contribution in [3.05, 3.63) is 24.3 Å². The first-order valence-electron chi connectivity index (χ1n) is 29.1. The van der Waals surface area contributed by atoms with E-state index in [1.807, 2.05) is 6.08 Å². The highest BCUT2D eigenvalue weighted by Crippen LogP contribution is 2.17. The predicted molar refractivity (Wildman–Crippen MR) is 283 cm³/mol. The monoisotopic (exact) mass is 916 g/mol. The van der Waals surface area contributed by atoms with Crippen LogP contribution in [0.3, 0.4) is 0 Å². The van der Waals surface area contributed by atoms with E-state index in [0.717, 1.165) is 44.9 Å². The number of rotatable bonds is 54. The molecule has 0 aliphatic rings. The molecular formula is C59H113NO5. The van der Waals surface area contributed by atoms with Crippen LogP contribution in [0.25, 0.3) is 0 Å². The molecule has 0 heterocycles. The number of allylic oxidation sites excluding steroid dienone is 3. The average molecular weight is 917 g/mol. The van der Waals surface area contributed by atoms with Gasteiger partial charge in [0.2, 0.25) is 5.91 Å². The van der Waals surface area contributed by atoms with Gasteiger partial charge in [0.1, 0.15) is 0 Å². The fraction of sp³-hybridized carbons (Fsp3) is 0.898. The quantitative estimate of drug-likeness (QED) is 0.0321. The van der Waals surface area contributed by atoms with Gasteiger partial charge in [-0.2, -0.15) is 0 Å². The van der Waals surface area contributed by atoms with Crippen LogP contribution >= 0.6 is 0 Å². The molecule has 2 atom stereocenters. The maximum atomic E-state index is 12.4. The molecule has 65 heavy (non-hydrogen) atoms. The minimum atomic E-state index is -0.847. The van der Waals surface area contributed by atoms with E-state index in [0.29, 0.717) is 19.4 Å². The summed E-state index contributed by atoms with van der Waals surface area (Å²) >= 11 is 0. The van der Waals surface area contributed by atoms with Crippen molar-refractivity contribution in [3.8, 4) is 0 Å². The summed E-state index contributed by atoms with van der Waals surface area (Å²) < 4.78 is 5.48. The van der Waals surface area contributed by atoms with Crippen LogP contribution in [0.15, 0.2) is 24.3 Å². The molecule has 0 bridgehead atoms. The molecule has 6 heteroatoms. The third kappa shape index (κ3) is 51.6. The third-order valence-corrected chi connectivity index (χ3v) is 13.5. The fourth-order valence-electron chi connectivity index (χ4n) is 8.98. The number of unbranched alkanes of at least 4 members (excludes halogenated alkanes) is 41. The first-order chi connectivity index (χ1) is 32.0. The van der Waals surface area contributed by atoms with Gasteiger partial charge in [-0.1, -0.05) is 269 Å². The Balaban J connectivity index is 3.42. The number of hydrogen-bond donors (Lipinski definition) is 3. The zero-order chi connectivity index (χ0) is 47.2. The van der Waals surface area contributed by atoms with Gasteiger partial charge >= 0.3 is 5.97 Å². The molecule has 2 unspecified atom stereocenters. The Hall–Kier alpha value is -1.66. The molecule has 3 N–H and O–H groups in total. The fourth-order valence-corrected chi connectivity index (χ4v) is 8.98. The van der Waals surface area contributed by atoms with Crippen molar-refractivity contribution in [3.63, 3.8) is 0 Å². The Morgan fingerprint density at radius 2 is 0.723 bits per heavy atom. The van der Waals surface area contributed by atoms with E-state index in [1.165, 1.54) is 244 Å². The molecule has 0 spiro atoms. The van der Waals surface area contributed by atoms with Crippen LogP contribution in [0, 0.1) is 0 Å². The standard InChI is InChI=1S/C59H113NO5/c1-3-5-7-9-11-13-15-17-19-21-25-29-33-37-41-45-49-53-59(64)65-54-50-46-42-38-34-30-26-23-20-22-24-28-32-36-40-44-48-52-58(63)60-56(55-61)57(62)51-47-43-39-35-31-27-18-16-14-12-10-8-6-4-2/h17,19,47,51,56-57,61-62H,3-16,18,20-46,48-50,52-55H2,1-2H3,(H,60,63)/b19-17-,51-47+. The summed E-state index contributed by atoms with van der Waals surface area (Å²) in [6.07, 6.45) is 66.2. The molecule has 0 aliphatic carbocycles. The van der Waals surface area contributed by atoms with Gasteiger partial charge in [-0.3, -0.25) is 9.59 Å². The van der Waals surface area contributed by atoms with Crippen molar-refractivity contribution < 1.29 is 24.5 Å². The zero-order valence-electron chi connectivity index (χ0n) is 43.7. The second-order valence-corrected chi connectivity index (χ2v) is 20.0. The van der Waals surface area contributed by atoms with Crippen molar-refractivity contribution in [2.75, 3.05) is 13.2 Å². The molecule has 0 aromatic heterocycles. The van der Waals surface area contributed by atoms with Crippen molar-refractivity contribution in [1.29, 1.82) is 0 Å². The number of hydrogen-bond acceptors (Lipinski definition) is 5. The number of amides is 1. The molecular weight excluding hydrogens is 803 g/mol. The lowest BCUT2D eigenvalue weighted by Gasteiger charge is -2.20. The van der Waals surface area contributed by atoms with Crippen molar-refractivity contribution in [2.24, 2.45) is 0 Å². The Morgan fingerprint density at radius 3 is 1.09 bits per heavy atom. The molecule has 6 nitrogen and oxygen atoms in total. The lowest BCUT2D eigenvalue weighted by molar-refractivity contribution is -0.143. The molecule has 0 aliphatic heterocycles. The van der Waals surface area contributed by atoms with Gasteiger partial charge in [-0.25, -0.2) is 0 Å². The Labute approximate surface area is 405 Å². The van der Waals surface area contributed by atoms with E-state index >= 15 is 0 Å². The Morgan fingerprint density at radius 1 is 0.415 bits per heavy atom. The molecule has 0 saturated heterocycles. The Bertz CT molecular complexity index is 1010. The highest BCUT2D eigenvalue weighted by atomic mass is 16.5. The lowest BCUT2D eigenvalue weighted by Crippen LogP contribution is -2.45. The Kier molecular flexibility index (Phi) is 53.5. The van der Waals surface area contributed by atoms with Crippen molar-refractivity contribution in [2.45, 2.75) is 328 Å². The van der Waals surface area contributed by atoms with Crippen LogP contribution < -0.4 is 5.32 Å². The summed E-state index contributed by atoms with van der Waals surface area (Å²) in [6, 6.07) is -0.631. The molecule has 0 fully saturated rings. The van der Waals surface area contributed by atoms with Gasteiger partial charge < -0.3 is 20.3 Å². The summed E-state index contributed by atoms with van der Waals surface area (Å²) in [4.78, 5) is 24.5. The normalized spacial score (nSPS) is 12.7. The lowest BCUT2D eigenvalue weighted by atomic mass is 10.0. The van der Waals surface area contributed by atoms with E-state index in [-0.39, 0.29) is 18.5 Å². The second-order valence-electron chi connectivity index (χ2n) is 20.0. The van der Waals surface area contributed by atoms with Gasteiger partial charge in [0, 0.05) is 12.8 Å². The number of carbonyl (C=O) groups is 2. The highest BCUT2D eigenvalue weighted by molar-refractivity contribution is 5.76. The molecule has 0 radical (unpaired) electrons. The summed E-state index contributed by atoms with van der Waals surface area (Å²) in [6.45, 7) is 4.90. The van der Waals surface area contributed by atoms with Gasteiger partial charge in [-0.15, -0.1) is 0 Å². The summed E-state index contributed by atoms with van der Waals surface area (Å²) in [7, 11) is 0. The van der Waals surface area contributed by atoms with E-state index in [2.05, 4.69) is 31.3 Å². The van der Waals surface area contributed by atoms with Gasteiger partial charge in [0.25, 0.3) is 0 Å². The van der Waals surface area contributed by atoms with Crippen molar-refractivity contribution >= 4 is 11.9 Å². The number of esters is 1. The molecule has 0 aromatic carbocycles. The average Bonchev–Trinajstić information content (AvgIpc) is 3.31. The van der Waals surface area contributed by atoms with Crippen LogP contribution in [-0.2, 0) is 14.3 Å². The molecule has 0 saturated carbocycles. The second kappa shape index (κ2) is 54.9. The van der Waals surface area contributed by atoms with Gasteiger partial charge in [0.15, 0.2) is 0 Å². The van der Waals surface area contributed by atoms with E-state index in [9.17, 15) is 19.8 Å². The predicted octanol–water partition coefficient (Wildman–Crippen LogP) is 17.9. The number of aliphatic hydroxyl groups excluding tert-OH is 2. The number of ether oxygens (including phenoxy) is 1. The summed E-state index contributed by atoms with van der Waals surface area (Å²) in [5.41, 5.74) is 0. The molecule has 1 amide bonds. The topological polar surface area (TPSA) is 95.9 Å². The summed E-state index contributed by atoms with van der Waals surface area (Å²) in [5, 5.41) is 23.1. The van der Waals surface area contributed by atoms with E-state index in [4.69, 9.17) is 4.74 Å².